The summed E-state index contributed by atoms with van der Waals surface area (Å²) in [6.45, 7) is 0.0418. The third kappa shape index (κ3) is 4.61. The van der Waals surface area contributed by atoms with E-state index in [1.54, 1.807) is 17.0 Å². The van der Waals surface area contributed by atoms with Crippen LogP contribution < -0.4 is 0 Å². The van der Waals surface area contributed by atoms with E-state index in [1.807, 2.05) is 30.3 Å². The van der Waals surface area contributed by atoms with Gasteiger partial charge in [-0.1, -0.05) is 30.3 Å². The maximum atomic E-state index is 13.5. The van der Waals surface area contributed by atoms with Gasteiger partial charge in [-0.2, -0.15) is 0 Å². The fourth-order valence-corrected chi connectivity index (χ4v) is 6.02. The molecule has 2 aliphatic heterocycles. The minimum absolute atomic E-state index is 0.0423. The molecule has 2 aliphatic rings. The first-order chi connectivity index (χ1) is 18.3. The Morgan fingerprint density at radius 3 is 2.21 bits per heavy atom. The molecular weight excluding hydrogens is 512 g/mol. The fourth-order valence-electron chi connectivity index (χ4n) is 4.35. The van der Waals surface area contributed by atoms with Gasteiger partial charge in [0, 0.05) is 30.5 Å². The molecule has 2 fully saturated rings. The lowest BCUT2D eigenvalue weighted by atomic mass is 9.95. The highest BCUT2D eigenvalue weighted by atomic mass is 32.2. The number of thioether (sulfide) groups is 1. The van der Waals surface area contributed by atoms with E-state index in [2.05, 4.69) is 4.99 Å². The van der Waals surface area contributed by atoms with Crippen molar-refractivity contribution in [2.75, 3.05) is 6.54 Å². The topological polar surface area (TPSA) is 145 Å². The minimum Gasteiger partial charge on any atom is -0.459 e. The van der Waals surface area contributed by atoms with Gasteiger partial charge in [0.25, 0.3) is 17.3 Å². The number of carbonyl (C=O) groups excluding carboxylic acids is 2. The first-order valence-corrected chi connectivity index (χ1v) is 12.4. The molecule has 3 aromatic carbocycles. The predicted octanol–water partition coefficient (Wildman–Crippen LogP) is 3.84. The van der Waals surface area contributed by atoms with Crippen molar-refractivity contribution < 1.29 is 24.2 Å². The van der Waals surface area contributed by atoms with E-state index < -0.39 is 26.6 Å². The molecule has 38 heavy (non-hydrogen) atoms. The maximum Gasteiger partial charge on any atom is 0.329 e. The molecule has 0 unspecified atom stereocenters. The number of benzene rings is 3. The van der Waals surface area contributed by atoms with E-state index in [0.29, 0.717) is 16.7 Å². The molecule has 3 aromatic rings. The van der Waals surface area contributed by atoms with E-state index >= 15 is 0 Å². The first-order valence-electron chi connectivity index (χ1n) is 11.5. The Labute approximate surface area is 220 Å². The minimum atomic E-state index is -1.17. The van der Waals surface area contributed by atoms with Crippen LogP contribution in [0.1, 0.15) is 16.7 Å². The summed E-state index contributed by atoms with van der Waals surface area (Å²) in [4.78, 5) is 53.2. The Morgan fingerprint density at radius 2 is 1.61 bits per heavy atom. The van der Waals surface area contributed by atoms with Crippen LogP contribution in [0.3, 0.4) is 0 Å². The number of nitrogens with zero attached hydrogens (tertiary/aromatic N) is 4. The second kappa shape index (κ2) is 10.1. The number of aliphatic imine (C=N–C) groups is 1. The number of carbonyl (C=O) groups is 2. The molecule has 0 aliphatic carbocycles. The Balaban J connectivity index is 1.34. The lowest BCUT2D eigenvalue weighted by Gasteiger charge is -2.38. The number of hydrogen-bond donors (Lipinski definition) is 0. The molecular formula is C26H20N4O7S. The number of fused-ring (bicyclic) bond motifs is 1. The molecule has 0 spiro atoms. The van der Waals surface area contributed by atoms with Crippen molar-refractivity contribution in [3.8, 4) is 0 Å². The van der Waals surface area contributed by atoms with Gasteiger partial charge in [0.15, 0.2) is 10.8 Å². The molecule has 0 N–H and O–H groups in total. The van der Waals surface area contributed by atoms with Gasteiger partial charge >= 0.3 is 5.97 Å². The van der Waals surface area contributed by atoms with E-state index in [9.17, 15) is 29.8 Å². The highest BCUT2D eigenvalue weighted by Gasteiger charge is 2.63. The summed E-state index contributed by atoms with van der Waals surface area (Å²) in [7, 11) is 0. The highest BCUT2D eigenvalue weighted by molar-refractivity contribution is 8.02. The Kier molecular flexibility index (Phi) is 6.64. The van der Waals surface area contributed by atoms with Crippen molar-refractivity contribution >= 4 is 41.2 Å². The van der Waals surface area contributed by atoms with E-state index in [4.69, 9.17) is 4.74 Å². The van der Waals surface area contributed by atoms with Crippen LogP contribution in [0.25, 0.3) is 0 Å². The molecule has 0 aromatic heterocycles. The zero-order chi connectivity index (χ0) is 26.9. The second-order valence-electron chi connectivity index (χ2n) is 8.74. The van der Waals surface area contributed by atoms with Crippen molar-refractivity contribution in [1.82, 2.24) is 4.90 Å². The molecule has 12 heteroatoms. The Bertz CT molecular complexity index is 1430. The van der Waals surface area contributed by atoms with Crippen LogP contribution in [0.15, 0.2) is 83.9 Å². The number of esters is 1. The Morgan fingerprint density at radius 1 is 1.00 bits per heavy atom. The maximum absolute atomic E-state index is 13.5. The van der Waals surface area contributed by atoms with Crippen molar-refractivity contribution in [2.45, 2.75) is 22.8 Å². The predicted molar refractivity (Wildman–Crippen MR) is 139 cm³/mol. The number of amides is 1. The van der Waals surface area contributed by atoms with E-state index in [1.165, 1.54) is 54.4 Å². The summed E-state index contributed by atoms with van der Waals surface area (Å²) in [5.41, 5.74) is 1.80. The van der Waals surface area contributed by atoms with E-state index in [0.717, 1.165) is 0 Å². The van der Waals surface area contributed by atoms with Crippen LogP contribution in [-0.2, 0) is 25.7 Å². The van der Waals surface area contributed by atoms with Gasteiger partial charge in [0.05, 0.1) is 16.4 Å². The summed E-state index contributed by atoms with van der Waals surface area (Å²) >= 11 is 1.30. The zero-order valence-corrected chi connectivity index (χ0v) is 20.5. The third-order valence-corrected chi connectivity index (χ3v) is 8.09. The average Bonchev–Trinajstić information content (AvgIpc) is 3.30. The number of nitro benzene ring substituents is 2. The van der Waals surface area contributed by atoms with Gasteiger partial charge in [-0.15, -0.1) is 11.8 Å². The fraction of sp³-hybridized carbons (Fsp3) is 0.192. The SMILES string of the molecule is O=C1[C@@H](N=Cc2ccc([N+](=O)[O-])cc2)[C@H]2S[C@](C(=O)OCc3ccc([N+](=O)[O-])cc3)(c3ccccc3)CN12. The first kappa shape index (κ1) is 25.1. The van der Waals surface area contributed by atoms with Gasteiger partial charge in [0.1, 0.15) is 12.0 Å². The molecule has 0 saturated carbocycles. The summed E-state index contributed by atoms with van der Waals surface area (Å²) in [6.07, 6.45) is 1.50. The van der Waals surface area contributed by atoms with Crippen molar-refractivity contribution in [2.24, 2.45) is 4.99 Å². The summed E-state index contributed by atoms with van der Waals surface area (Å²) in [5, 5.41) is 21.4. The van der Waals surface area contributed by atoms with Gasteiger partial charge in [-0.3, -0.25) is 34.8 Å². The highest BCUT2D eigenvalue weighted by Crippen LogP contribution is 2.53. The number of rotatable bonds is 8. The van der Waals surface area contributed by atoms with Crippen molar-refractivity contribution in [3.63, 3.8) is 0 Å². The molecule has 1 amide bonds. The molecule has 0 bridgehead atoms. The largest absolute Gasteiger partial charge is 0.459 e. The van der Waals surface area contributed by atoms with Crippen molar-refractivity contribution in [1.29, 1.82) is 0 Å². The monoisotopic (exact) mass is 532 g/mol. The third-order valence-electron chi connectivity index (χ3n) is 6.40. The number of non-ortho nitro benzene ring substituents is 2. The zero-order valence-electron chi connectivity index (χ0n) is 19.7. The lowest BCUT2D eigenvalue weighted by molar-refractivity contribution is -0.385. The van der Waals surface area contributed by atoms with Gasteiger partial charge in [0.2, 0.25) is 0 Å². The summed E-state index contributed by atoms with van der Waals surface area (Å²) < 4.78 is 4.50. The normalized spacial score (nSPS) is 22.1. The van der Waals surface area contributed by atoms with Crippen LogP contribution >= 0.6 is 11.8 Å². The Hall–Kier alpha value is -4.58. The standard InChI is InChI=1S/C26H20N4O7S/c31-23-22(27-14-17-6-10-20(11-7-17)29(33)34)24-28(23)16-26(38-24,19-4-2-1-3-5-19)25(32)37-15-18-8-12-21(13-9-18)30(35)36/h1-14,22,24H,15-16H2/t22-,24-,26+/m1/s1. The molecule has 192 valence electrons. The average molecular weight is 533 g/mol. The van der Waals surface area contributed by atoms with Gasteiger partial charge < -0.3 is 9.64 Å². The second-order valence-corrected chi connectivity index (χ2v) is 10.2. The number of β-lactam (4-membered cyclic amide) rings is 1. The van der Waals surface area contributed by atoms with Crippen LogP contribution in [0.2, 0.25) is 0 Å². The quantitative estimate of drug-likeness (QED) is 0.140. The van der Waals surface area contributed by atoms with Gasteiger partial charge in [-0.25, -0.2) is 0 Å². The van der Waals surface area contributed by atoms with Crippen LogP contribution in [-0.4, -0.2) is 50.8 Å². The van der Waals surface area contributed by atoms with E-state index in [-0.39, 0.29) is 35.8 Å². The number of hydrogen-bond acceptors (Lipinski definition) is 9. The molecule has 11 nitrogen and oxygen atoms in total. The molecule has 0 radical (unpaired) electrons. The molecule has 3 atom stereocenters. The molecule has 5 rings (SSSR count). The molecule has 2 saturated heterocycles. The number of nitro groups is 2. The smallest absolute Gasteiger partial charge is 0.329 e. The summed E-state index contributed by atoms with van der Waals surface area (Å²) in [5.74, 6) is -0.742. The lowest BCUT2D eigenvalue weighted by Crippen LogP contribution is -2.59. The van der Waals surface area contributed by atoms with Crippen molar-refractivity contribution in [3.05, 3.63) is 116 Å². The van der Waals surface area contributed by atoms with Gasteiger partial charge in [-0.05, 0) is 41.0 Å². The van der Waals surface area contributed by atoms with Crippen LogP contribution in [0.4, 0.5) is 11.4 Å². The number of ether oxygens (including phenoxy) is 1. The van der Waals surface area contributed by atoms with Crippen LogP contribution in [0, 0.1) is 20.2 Å². The molecule has 2 heterocycles. The van der Waals surface area contributed by atoms with Crippen LogP contribution in [0.5, 0.6) is 0 Å². The summed E-state index contributed by atoms with van der Waals surface area (Å²) in [6, 6.07) is 19.9.